The largest absolute Gasteiger partial charge is 0.496 e. The number of nitrogens with zero attached hydrogens (tertiary/aromatic N) is 1. The van der Waals surface area contributed by atoms with Crippen LogP contribution >= 0.6 is 0 Å². The number of ether oxygens (including phenoxy) is 1. The van der Waals surface area contributed by atoms with Crippen molar-refractivity contribution in [3.8, 4) is 5.75 Å². The average molecular weight is 445 g/mol. The first-order chi connectivity index (χ1) is 16.1. The molecule has 0 aliphatic carbocycles. The molecule has 0 aliphatic heterocycles. The first-order valence-corrected chi connectivity index (χ1v) is 12.1. The van der Waals surface area contributed by atoms with Gasteiger partial charge in [-0.25, -0.2) is 0 Å². The lowest BCUT2D eigenvalue weighted by molar-refractivity contribution is -0.117. The molecular formula is C29H36N2O2. The van der Waals surface area contributed by atoms with E-state index in [4.69, 9.17) is 4.74 Å². The predicted molar refractivity (Wildman–Crippen MR) is 138 cm³/mol. The van der Waals surface area contributed by atoms with Gasteiger partial charge in [-0.05, 0) is 79.3 Å². The molecule has 3 aromatic rings. The third kappa shape index (κ3) is 7.18. The van der Waals surface area contributed by atoms with Gasteiger partial charge in [-0.15, -0.1) is 0 Å². The Bertz CT molecular complexity index is 1060. The monoisotopic (exact) mass is 444 g/mol. The Morgan fingerprint density at radius 1 is 1.06 bits per heavy atom. The molecule has 1 unspecified atom stereocenters. The maximum atomic E-state index is 12.6. The average Bonchev–Trinajstić information content (AvgIpc) is 2.83. The van der Waals surface area contributed by atoms with Gasteiger partial charge in [-0.3, -0.25) is 9.78 Å². The molecular weight excluding hydrogens is 408 g/mol. The fourth-order valence-electron chi connectivity index (χ4n) is 4.26. The van der Waals surface area contributed by atoms with Gasteiger partial charge in [0.25, 0.3) is 0 Å². The Hall–Kier alpha value is -3.14. The van der Waals surface area contributed by atoms with E-state index in [-0.39, 0.29) is 11.9 Å². The van der Waals surface area contributed by atoms with E-state index in [1.54, 1.807) is 19.4 Å². The van der Waals surface area contributed by atoms with Crippen LogP contribution in [-0.4, -0.2) is 24.0 Å². The van der Waals surface area contributed by atoms with E-state index in [0.29, 0.717) is 0 Å². The maximum Gasteiger partial charge on any atom is 0.244 e. The number of carbonyl (C=O) groups excluding carboxylic acids is 1. The lowest BCUT2D eigenvalue weighted by Gasteiger charge is -2.14. The lowest BCUT2D eigenvalue weighted by Crippen LogP contribution is -2.31. The van der Waals surface area contributed by atoms with E-state index in [9.17, 15) is 4.79 Å². The smallest absolute Gasteiger partial charge is 0.244 e. The summed E-state index contributed by atoms with van der Waals surface area (Å²) < 4.78 is 5.56. The molecule has 0 saturated heterocycles. The molecule has 3 rings (SSSR count). The fraction of sp³-hybridized carbons (Fsp3) is 0.379. The predicted octanol–water partition coefficient (Wildman–Crippen LogP) is 6.52. The third-order valence-electron chi connectivity index (χ3n) is 6.05. The van der Waals surface area contributed by atoms with Crippen molar-refractivity contribution >= 4 is 22.8 Å². The van der Waals surface area contributed by atoms with Crippen LogP contribution in [0.1, 0.15) is 62.6 Å². The van der Waals surface area contributed by atoms with Crippen molar-refractivity contribution in [3.63, 3.8) is 0 Å². The molecule has 0 spiro atoms. The fourth-order valence-corrected chi connectivity index (χ4v) is 4.26. The van der Waals surface area contributed by atoms with Crippen molar-refractivity contribution in [1.29, 1.82) is 0 Å². The minimum atomic E-state index is -0.0471. The third-order valence-corrected chi connectivity index (χ3v) is 6.05. The van der Waals surface area contributed by atoms with Crippen molar-refractivity contribution in [2.24, 2.45) is 0 Å². The number of benzene rings is 2. The first-order valence-electron chi connectivity index (χ1n) is 12.1. The molecule has 1 aromatic heterocycles. The van der Waals surface area contributed by atoms with Crippen LogP contribution in [0.2, 0.25) is 0 Å². The summed E-state index contributed by atoms with van der Waals surface area (Å²) in [6.45, 7) is 4.28. The second-order valence-electron chi connectivity index (χ2n) is 8.64. The van der Waals surface area contributed by atoms with Gasteiger partial charge in [0.1, 0.15) is 5.75 Å². The number of aryl methyl sites for hydroxylation is 2. The van der Waals surface area contributed by atoms with E-state index in [0.717, 1.165) is 48.8 Å². The number of aromatic nitrogens is 1. The van der Waals surface area contributed by atoms with Gasteiger partial charge in [-0.1, -0.05) is 50.1 Å². The van der Waals surface area contributed by atoms with E-state index < -0.39 is 0 Å². The number of hydrogen-bond acceptors (Lipinski definition) is 3. The maximum absolute atomic E-state index is 12.6. The Balaban J connectivity index is 1.65. The van der Waals surface area contributed by atoms with Crippen LogP contribution in [0.5, 0.6) is 5.75 Å². The molecule has 1 N–H and O–H groups in total. The van der Waals surface area contributed by atoms with Crippen LogP contribution in [0.25, 0.3) is 16.8 Å². The zero-order valence-corrected chi connectivity index (χ0v) is 20.1. The molecule has 1 amide bonds. The number of amides is 1. The number of fused-ring (bicyclic) bond motifs is 1. The second-order valence-corrected chi connectivity index (χ2v) is 8.64. The van der Waals surface area contributed by atoms with Crippen molar-refractivity contribution in [2.45, 2.75) is 64.8 Å². The van der Waals surface area contributed by atoms with Gasteiger partial charge >= 0.3 is 0 Å². The molecule has 1 atom stereocenters. The molecule has 1 heterocycles. The van der Waals surface area contributed by atoms with Crippen molar-refractivity contribution in [3.05, 3.63) is 77.6 Å². The van der Waals surface area contributed by atoms with E-state index >= 15 is 0 Å². The number of carbonyl (C=O) groups is 1. The standard InChI is InChI=1S/C29H36N2O2/c1-4-5-6-13-25-24(16-18-27-26(25)14-8-15-28(27)33-3)17-19-29(32)31-22(2)10-7-11-23-12-9-20-30-21-23/h8-9,12,14-22H,4-7,10-11,13H2,1-3H3,(H,31,32)/b19-17+. The Morgan fingerprint density at radius 3 is 2.70 bits per heavy atom. The number of methoxy groups -OCH3 is 1. The molecule has 174 valence electrons. The van der Waals surface area contributed by atoms with Gasteiger partial charge in [0.2, 0.25) is 5.91 Å². The van der Waals surface area contributed by atoms with Gasteiger partial charge in [0.05, 0.1) is 7.11 Å². The van der Waals surface area contributed by atoms with Crippen molar-refractivity contribution in [1.82, 2.24) is 10.3 Å². The Morgan fingerprint density at radius 2 is 1.94 bits per heavy atom. The molecule has 0 radical (unpaired) electrons. The molecule has 2 aromatic carbocycles. The van der Waals surface area contributed by atoms with Gasteiger partial charge in [0.15, 0.2) is 0 Å². The number of pyridine rings is 1. The minimum Gasteiger partial charge on any atom is -0.496 e. The summed E-state index contributed by atoms with van der Waals surface area (Å²) in [6, 6.07) is 14.6. The van der Waals surface area contributed by atoms with E-state index in [1.165, 1.54) is 29.4 Å². The summed E-state index contributed by atoms with van der Waals surface area (Å²) in [5, 5.41) is 5.43. The van der Waals surface area contributed by atoms with Crippen LogP contribution in [0.3, 0.4) is 0 Å². The summed E-state index contributed by atoms with van der Waals surface area (Å²) in [7, 11) is 1.71. The molecule has 0 aliphatic rings. The van der Waals surface area contributed by atoms with Crippen LogP contribution < -0.4 is 10.1 Å². The zero-order chi connectivity index (χ0) is 23.5. The first kappa shape index (κ1) is 24.5. The number of hydrogen-bond donors (Lipinski definition) is 1. The normalized spacial score (nSPS) is 12.2. The van der Waals surface area contributed by atoms with Crippen LogP contribution in [0.15, 0.2) is 60.9 Å². The topological polar surface area (TPSA) is 51.2 Å². The number of rotatable bonds is 12. The van der Waals surface area contributed by atoms with Crippen LogP contribution in [-0.2, 0) is 17.6 Å². The molecule has 0 fully saturated rings. The SMILES string of the molecule is CCCCCc1c(/C=C/C(=O)NC(C)CCCc2cccnc2)ccc2c(OC)cccc12. The molecule has 4 nitrogen and oxygen atoms in total. The van der Waals surface area contributed by atoms with Gasteiger partial charge < -0.3 is 10.1 Å². The Kier molecular flexibility index (Phi) is 9.49. The summed E-state index contributed by atoms with van der Waals surface area (Å²) in [5.74, 6) is 0.840. The van der Waals surface area contributed by atoms with Gasteiger partial charge in [-0.2, -0.15) is 0 Å². The molecule has 33 heavy (non-hydrogen) atoms. The highest BCUT2D eigenvalue weighted by Crippen LogP contribution is 2.31. The number of unbranched alkanes of at least 4 members (excludes halogenated alkanes) is 2. The highest BCUT2D eigenvalue weighted by atomic mass is 16.5. The van der Waals surface area contributed by atoms with E-state index in [2.05, 4.69) is 48.4 Å². The quantitative estimate of drug-likeness (QED) is 0.256. The van der Waals surface area contributed by atoms with Crippen molar-refractivity contribution in [2.75, 3.05) is 7.11 Å². The number of nitrogens with one attached hydrogen (secondary N) is 1. The summed E-state index contributed by atoms with van der Waals surface area (Å²) >= 11 is 0. The zero-order valence-electron chi connectivity index (χ0n) is 20.1. The molecule has 0 saturated carbocycles. The summed E-state index contributed by atoms with van der Waals surface area (Å²) in [6.07, 6.45) is 14.8. The van der Waals surface area contributed by atoms with Crippen LogP contribution in [0, 0.1) is 0 Å². The molecule has 0 bridgehead atoms. The summed E-state index contributed by atoms with van der Waals surface area (Å²) in [5.41, 5.74) is 3.62. The van der Waals surface area contributed by atoms with Crippen LogP contribution in [0.4, 0.5) is 0 Å². The van der Waals surface area contributed by atoms with E-state index in [1.807, 2.05) is 30.5 Å². The minimum absolute atomic E-state index is 0.0471. The second kappa shape index (κ2) is 12.8. The lowest BCUT2D eigenvalue weighted by atomic mass is 9.94. The highest BCUT2D eigenvalue weighted by molar-refractivity contribution is 5.96. The highest BCUT2D eigenvalue weighted by Gasteiger charge is 2.10. The Labute approximate surface area is 198 Å². The van der Waals surface area contributed by atoms with Crippen molar-refractivity contribution < 1.29 is 9.53 Å². The van der Waals surface area contributed by atoms with Gasteiger partial charge in [0, 0.05) is 29.9 Å². The molecule has 4 heteroatoms. The summed E-state index contributed by atoms with van der Waals surface area (Å²) in [4.78, 5) is 16.7.